The first-order chi connectivity index (χ1) is 9.00. The van der Waals surface area contributed by atoms with Crippen molar-refractivity contribution in [3.8, 4) is 0 Å². The van der Waals surface area contributed by atoms with Gasteiger partial charge in [-0.05, 0) is 33.6 Å². The molecule has 118 valence electrons. The lowest BCUT2D eigenvalue weighted by molar-refractivity contribution is 0.216. The number of thioether (sulfide) groups is 1. The van der Waals surface area contributed by atoms with Gasteiger partial charge in [0.15, 0.2) is 5.96 Å². The van der Waals surface area contributed by atoms with Gasteiger partial charge in [-0.15, -0.1) is 24.0 Å². The normalized spacial score (nSPS) is 24.0. The predicted molar refractivity (Wildman–Crippen MR) is 98.3 cm³/mol. The molecule has 2 rings (SSSR count). The van der Waals surface area contributed by atoms with Crippen molar-refractivity contribution < 1.29 is 5.11 Å². The molecule has 6 heteroatoms. The van der Waals surface area contributed by atoms with Crippen LogP contribution in [0.4, 0.5) is 0 Å². The van der Waals surface area contributed by atoms with Gasteiger partial charge in [-0.1, -0.05) is 0 Å². The van der Waals surface area contributed by atoms with Crippen molar-refractivity contribution in [1.29, 1.82) is 0 Å². The molecule has 0 aromatic carbocycles. The van der Waals surface area contributed by atoms with Gasteiger partial charge in [-0.25, -0.2) is 0 Å². The van der Waals surface area contributed by atoms with Crippen LogP contribution in [0.2, 0.25) is 0 Å². The van der Waals surface area contributed by atoms with Gasteiger partial charge in [-0.2, -0.15) is 11.8 Å². The molecule has 0 bridgehead atoms. The Morgan fingerprint density at radius 3 is 2.60 bits per heavy atom. The Kier molecular flexibility index (Phi) is 6.92. The van der Waals surface area contributed by atoms with Gasteiger partial charge in [0.05, 0.1) is 13.2 Å². The van der Waals surface area contributed by atoms with Crippen LogP contribution >= 0.6 is 35.7 Å². The lowest BCUT2D eigenvalue weighted by atomic mass is 10.1. The van der Waals surface area contributed by atoms with Crippen molar-refractivity contribution in [2.45, 2.75) is 38.4 Å². The number of aliphatic hydroxyl groups is 1. The molecular formula is C14H28IN3OS. The van der Waals surface area contributed by atoms with E-state index < -0.39 is 0 Å². The second kappa shape index (κ2) is 7.54. The molecule has 0 spiro atoms. The van der Waals surface area contributed by atoms with Gasteiger partial charge in [-0.3, -0.25) is 4.99 Å². The van der Waals surface area contributed by atoms with E-state index in [-0.39, 0.29) is 36.0 Å². The molecule has 1 saturated carbocycles. The molecule has 2 fully saturated rings. The van der Waals surface area contributed by atoms with Crippen molar-refractivity contribution in [3.63, 3.8) is 0 Å². The molecule has 0 atom stereocenters. The van der Waals surface area contributed by atoms with Gasteiger partial charge < -0.3 is 15.3 Å². The largest absolute Gasteiger partial charge is 0.396 e. The third-order valence-corrected chi connectivity index (χ3v) is 5.21. The number of aliphatic imine (C=N–C) groups is 1. The van der Waals surface area contributed by atoms with Crippen molar-refractivity contribution in [3.05, 3.63) is 0 Å². The quantitative estimate of drug-likeness (QED) is 0.422. The van der Waals surface area contributed by atoms with E-state index in [1.165, 1.54) is 0 Å². The Morgan fingerprint density at radius 2 is 2.10 bits per heavy atom. The molecular weight excluding hydrogens is 385 g/mol. The lowest BCUT2D eigenvalue weighted by Gasteiger charge is -2.39. The smallest absolute Gasteiger partial charge is 0.194 e. The summed E-state index contributed by atoms with van der Waals surface area (Å²) in [4.78, 5) is 7.14. The average Bonchev–Trinajstić information content (AvgIpc) is 3.14. The summed E-state index contributed by atoms with van der Waals surface area (Å²) in [7, 11) is 0. The molecule has 1 saturated heterocycles. The summed E-state index contributed by atoms with van der Waals surface area (Å²) >= 11 is 2.04. The molecule has 0 radical (unpaired) electrons. The highest BCUT2D eigenvalue weighted by Gasteiger charge is 2.42. The minimum absolute atomic E-state index is 0. The Hall–Kier alpha value is 0.310. The summed E-state index contributed by atoms with van der Waals surface area (Å²) in [6.45, 7) is 10.7. The standard InChI is InChI=1S/C14H27N3OS.HI/c1-4-15-12(16-9-14(11-18)5-6-14)17-7-8-19-13(2,3)10-17;/h18H,4-11H2,1-3H3,(H,15,16);1H. The summed E-state index contributed by atoms with van der Waals surface area (Å²) in [6, 6.07) is 0. The lowest BCUT2D eigenvalue weighted by Crippen LogP contribution is -2.51. The number of halogens is 1. The van der Waals surface area contributed by atoms with E-state index in [4.69, 9.17) is 4.99 Å². The Balaban J connectivity index is 0.00000200. The maximum absolute atomic E-state index is 9.39. The molecule has 1 heterocycles. The fourth-order valence-corrected chi connectivity index (χ4v) is 3.52. The second-order valence-electron chi connectivity index (χ2n) is 6.36. The highest BCUT2D eigenvalue weighted by atomic mass is 127. The van der Waals surface area contributed by atoms with Crippen molar-refractivity contribution in [1.82, 2.24) is 10.2 Å². The van der Waals surface area contributed by atoms with Gasteiger partial charge in [0.2, 0.25) is 0 Å². The van der Waals surface area contributed by atoms with E-state index in [1.807, 2.05) is 11.8 Å². The van der Waals surface area contributed by atoms with E-state index in [1.54, 1.807) is 0 Å². The first-order valence-electron chi connectivity index (χ1n) is 7.28. The zero-order valence-corrected chi connectivity index (χ0v) is 16.0. The Labute approximate surface area is 144 Å². The van der Waals surface area contributed by atoms with E-state index in [0.29, 0.717) is 4.75 Å². The van der Waals surface area contributed by atoms with Crippen molar-refractivity contribution in [2.75, 3.05) is 38.5 Å². The van der Waals surface area contributed by atoms with Gasteiger partial charge >= 0.3 is 0 Å². The van der Waals surface area contributed by atoms with Crippen LogP contribution in [0.25, 0.3) is 0 Å². The van der Waals surface area contributed by atoms with Gasteiger partial charge in [0.1, 0.15) is 0 Å². The summed E-state index contributed by atoms with van der Waals surface area (Å²) in [5, 5.41) is 12.8. The van der Waals surface area contributed by atoms with E-state index in [9.17, 15) is 5.11 Å². The average molecular weight is 413 g/mol. The number of guanidine groups is 1. The summed E-state index contributed by atoms with van der Waals surface area (Å²) in [5.41, 5.74) is 0.0979. The number of hydrogen-bond acceptors (Lipinski definition) is 3. The highest BCUT2D eigenvalue weighted by molar-refractivity contribution is 14.0. The van der Waals surface area contributed by atoms with Crippen LogP contribution in [0, 0.1) is 5.41 Å². The van der Waals surface area contributed by atoms with Gasteiger partial charge in [0, 0.05) is 35.5 Å². The Bertz CT molecular complexity index is 345. The molecule has 2 aliphatic rings. The van der Waals surface area contributed by atoms with Crippen LogP contribution in [0.1, 0.15) is 33.6 Å². The zero-order chi connectivity index (χ0) is 13.9. The number of nitrogens with one attached hydrogen (secondary N) is 1. The van der Waals surface area contributed by atoms with Crippen LogP contribution in [-0.2, 0) is 0 Å². The van der Waals surface area contributed by atoms with Crippen LogP contribution in [0.15, 0.2) is 4.99 Å². The topological polar surface area (TPSA) is 47.9 Å². The fraction of sp³-hybridized carbons (Fsp3) is 0.929. The Morgan fingerprint density at radius 1 is 1.40 bits per heavy atom. The summed E-state index contributed by atoms with van der Waals surface area (Å²) in [6.07, 6.45) is 2.24. The molecule has 0 aromatic heterocycles. The number of rotatable bonds is 4. The molecule has 1 aliphatic carbocycles. The molecule has 0 unspecified atom stereocenters. The van der Waals surface area contributed by atoms with Crippen LogP contribution in [0.5, 0.6) is 0 Å². The minimum atomic E-state index is 0. The van der Waals surface area contributed by atoms with Crippen LogP contribution in [-0.4, -0.2) is 59.3 Å². The first kappa shape index (κ1) is 18.4. The predicted octanol–water partition coefficient (Wildman–Crippen LogP) is 2.17. The van der Waals surface area contributed by atoms with Crippen LogP contribution < -0.4 is 5.32 Å². The third-order valence-electron chi connectivity index (χ3n) is 3.92. The zero-order valence-electron chi connectivity index (χ0n) is 12.8. The van der Waals surface area contributed by atoms with Crippen molar-refractivity contribution >= 4 is 41.7 Å². The maximum Gasteiger partial charge on any atom is 0.194 e. The van der Waals surface area contributed by atoms with E-state index in [2.05, 4.69) is 31.0 Å². The van der Waals surface area contributed by atoms with E-state index >= 15 is 0 Å². The fourth-order valence-electron chi connectivity index (χ4n) is 2.41. The molecule has 20 heavy (non-hydrogen) atoms. The SMILES string of the molecule is CCNC(=NCC1(CO)CC1)N1CCSC(C)(C)C1.I. The summed E-state index contributed by atoms with van der Waals surface area (Å²) < 4.78 is 0.294. The van der Waals surface area contributed by atoms with Crippen LogP contribution in [0.3, 0.4) is 0 Å². The van der Waals surface area contributed by atoms with Gasteiger partial charge in [0.25, 0.3) is 0 Å². The monoisotopic (exact) mass is 413 g/mol. The number of nitrogens with zero attached hydrogens (tertiary/aromatic N) is 2. The number of aliphatic hydroxyl groups excluding tert-OH is 1. The second-order valence-corrected chi connectivity index (χ2v) is 8.16. The summed E-state index contributed by atoms with van der Waals surface area (Å²) in [5.74, 6) is 2.18. The highest BCUT2D eigenvalue weighted by Crippen LogP contribution is 2.45. The third kappa shape index (κ3) is 4.94. The molecule has 0 amide bonds. The molecule has 4 nitrogen and oxygen atoms in total. The minimum Gasteiger partial charge on any atom is -0.396 e. The van der Waals surface area contributed by atoms with E-state index in [0.717, 1.165) is 50.7 Å². The molecule has 2 N–H and O–H groups in total. The van der Waals surface area contributed by atoms with Crippen molar-refractivity contribution in [2.24, 2.45) is 10.4 Å². The molecule has 0 aromatic rings. The maximum atomic E-state index is 9.39. The molecule has 1 aliphatic heterocycles. The first-order valence-corrected chi connectivity index (χ1v) is 8.27. The number of hydrogen-bond donors (Lipinski definition) is 2.